The van der Waals surface area contributed by atoms with Gasteiger partial charge in [-0.1, -0.05) is 20.4 Å². The van der Waals surface area contributed by atoms with Crippen molar-refractivity contribution in [2.45, 2.75) is 39.2 Å². The molecule has 0 aliphatic carbocycles. The Balaban J connectivity index is 1.54. The third kappa shape index (κ3) is 3.82. The highest BCUT2D eigenvalue weighted by atomic mass is 16.6. The van der Waals surface area contributed by atoms with Crippen LogP contribution >= 0.6 is 0 Å². The van der Waals surface area contributed by atoms with Gasteiger partial charge in [-0.05, 0) is 25.2 Å². The molecule has 158 valence electrons. The zero-order valence-electron chi connectivity index (χ0n) is 17.6. The molecule has 1 spiro atoms. The van der Waals surface area contributed by atoms with Crippen LogP contribution in [-0.4, -0.2) is 51.6 Å². The summed E-state index contributed by atoms with van der Waals surface area (Å²) in [5, 5.41) is 7.09. The fourth-order valence-corrected chi connectivity index (χ4v) is 4.41. The fraction of sp³-hybridized carbons (Fsp3) is 0.571. The number of anilines is 1. The molecule has 1 amide bonds. The van der Waals surface area contributed by atoms with Crippen molar-refractivity contribution in [2.24, 2.45) is 18.4 Å². The monoisotopic (exact) mass is 409 g/mol. The van der Waals surface area contributed by atoms with E-state index in [9.17, 15) is 4.79 Å². The SMILES string of the molecule is [C-]#[N+]c1ncc(N2CCC3(CC2)CNC(=O)OC3CC(C)C)nc1-c1cnn(C)c1. The van der Waals surface area contributed by atoms with Crippen LogP contribution in [0.2, 0.25) is 0 Å². The first-order valence-corrected chi connectivity index (χ1v) is 10.3. The van der Waals surface area contributed by atoms with E-state index >= 15 is 0 Å². The van der Waals surface area contributed by atoms with Crippen LogP contribution in [0.3, 0.4) is 0 Å². The van der Waals surface area contributed by atoms with Crippen LogP contribution in [0.15, 0.2) is 18.6 Å². The number of aromatic nitrogens is 4. The molecule has 2 aromatic heterocycles. The number of rotatable bonds is 4. The molecule has 2 fully saturated rings. The summed E-state index contributed by atoms with van der Waals surface area (Å²) in [7, 11) is 1.83. The van der Waals surface area contributed by atoms with Crippen molar-refractivity contribution in [3.63, 3.8) is 0 Å². The number of piperidine rings is 1. The van der Waals surface area contributed by atoms with Gasteiger partial charge in [-0.25, -0.2) is 9.78 Å². The molecule has 2 saturated heterocycles. The lowest BCUT2D eigenvalue weighted by Crippen LogP contribution is -2.58. The van der Waals surface area contributed by atoms with Gasteiger partial charge in [0.15, 0.2) is 12.0 Å². The predicted molar refractivity (Wildman–Crippen MR) is 112 cm³/mol. The van der Waals surface area contributed by atoms with Crippen molar-refractivity contribution < 1.29 is 9.53 Å². The molecule has 2 aliphatic rings. The van der Waals surface area contributed by atoms with Gasteiger partial charge in [0.2, 0.25) is 0 Å². The van der Waals surface area contributed by atoms with Crippen LogP contribution in [0.4, 0.5) is 16.4 Å². The minimum atomic E-state index is -0.310. The van der Waals surface area contributed by atoms with Crippen molar-refractivity contribution in [2.75, 3.05) is 24.5 Å². The largest absolute Gasteiger partial charge is 0.446 e. The number of amides is 1. The molecule has 0 bridgehead atoms. The lowest BCUT2D eigenvalue weighted by molar-refractivity contribution is -0.0453. The fourth-order valence-electron chi connectivity index (χ4n) is 4.41. The molecule has 9 heteroatoms. The maximum absolute atomic E-state index is 11.8. The van der Waals surface area contributed by atoms with Gasteiger partial charge in [0.05, 0.1) is 6.20 Å². The molecule has 2 aliphatic heterocycles. The van der Waals surface area contributed by atoms with Gasteiger partial charge >= 0.3 is 6.09 Å². The zero-order valence-corrected chi connectivity index (χ0v) is 17.6. The summed E-state index contributed by atoms with van der Waals surface area (Å²) in [5.74, 6) is 1.50. The van der Waals surface area contributed by atoms with Crippen molar-refractivity contribution in [1.82, 2.24) is 25.1 Å². The van der Waals surface area contributed by atoms with Crippen LogP contribution in [0, 0.1) is 17.9 Å². The van der Waals surface area contributed by atoms with E-state index in [1.807, 2.05) is 13.2 Å². The zero-order chi connectivity index (χ0) is 21.3. The van der Waals surface area contributed by atoms with Crippen LogP contribution in [0.5, 0.6) is 0 Å². The Morgan fingerprint density at radius 1 is 1.37 bits per heavy atom. The number of aryl methyl sites for hydroxylation is 1. The van der Waals surface area contributed by atoms with Crippen molar-refractivity contribution in [3.05, 3.63) is 30.0 Å². The van der Waals surface area contributed by atoms with Gasteiger partial charge in [0.25, 0.3) is 5.82 Å². The molecule has 2 aromatic rings. The second-order valence-electron chi connectivity index (χ2n) is 8.64. The van der Waals surface area contributed by atoms with E-state index < -0.39 is 0 Å². The predicted octanol–water partition coefficient (Wildman–Crippen LogP) is 3.17. The summed E-state index contributed by atoms with van der Waals surface area (Å²) >= 11 is 0. The lowest BCUT2D eigenvalue weighted by atomic mass is 9.70. The molecule has 4 rings (SSSR count). The van der Waals surface area contributed by atoms with Gasteiger partial charge in [0, 0.05) is 43.9 Å². The molecule has 1 N–H and O–H groups in total. The number of carbonyl (C=O) groups excluding carboxylic acids is 1. The first-order valence-electron chi connectivity index (χ1n) is 10.3. The van der Waals surface area contributed by atoms with Gasteiger partial charge in [-0.3, -0.25) is 4.68 Å². The smallest absolute Gasteiger partial charge is 0.407 e. The number of hydrogen-bond donors (Lipinski definition) is 1. The highest BCUT2D eigenvalue weighted by molar-refractivity contribution is 5.72. The highest BCUT2D eigenvalue weighted by Gasteiger charge is 2.47. The quantitative estimate of drug-likeness (QED) is 0.780. The van der Waals surface area contributed by atoms with E-state index in [-0.39, 0.29) is 23.4 Å². The van der Waals surface area contributed by atoms with E-state index in [4.69, 9.17) is 16.3 Å². The molecular formula is C21H27N7O2. The molecule has 0 aromatic carbocycles. The molecule has 0 saturated carbocycles. The number of cyclic esters (lactones) is 1. The second-order valence-corrected chi connectivity index (χ2v) is 8.64. The minimum Gasteiger partial charge on any atom is -0.446 e. The van der Waals surface area contributed by atoms with Gasteiger partial charge in [-0.2, -0.15) is 5.10 Å². The minimum absolute atomic E-state index is 0.0509. The number of nitrogens with one attached hydrogen (secondary N) is 1. The molecular weight excluding hydrogens is 382 g/mol. The number of alkyl carbamates (subject to hydrolysis) is 1. The lowest BCUT2D eigenvalue weighted by Gasteiger charge is -2.48. The Labute approximate surface area is 176 Å². The average Bonchev–Trinajstić information content (AvgIpc) is 3.17. The third-order valence-electron chi connectivity index (χ3n) is 6.11. The van der Waals surface area contributed by atoms with E-state index in [0.717, 1.165) is 43.7 Å². The standard InChI is InChI=1S/C21H27N7O2/c1-14(2)9-16-21(13-24-20(29)30-16)5-7-28(8-6-21)17-11-23-19(22-3)18(26-17)15-10-25-27(4)12-15/h10-12,14,16H,5-9,13H2,1-2,4H3,(H,24,29). The summed E-state index contributed by atoms with van der Waals surface area (Å²) in [6, 6.07) is 0. The summed E-state index contributed by atoms with van der Waals surface area (Å²) in [4.78, 5) is 26.6. The van der Waals surface area contributed by atoms with Crippen LogP contribution < -0.4 is 10.2 Å². The maximum atomic E-state index is 11.8. The molecule has 1 atom stereocenters. The number of carbonyl (C=O) groups is 1. The Bertz CT molecular complexity index is 970. The maximum Gasteiger partial charge on any atom is 0.407 e. The first-order chi connectivity index (χ1) is 14.4. The Morgan fingerprint density at radius 2 is 2.13 bits per heavy atom. The van der Waals surface area contributed by atoms with Crippen LogP contribution in [-0.2, 0) is 11.8 Å². The Hall–Kier alpha value is -3.15. The van der Waals surface area contributed by atoms with Gasteiger partial charge in [-0.15, -0.1) is 4.98 Å². The molecule has 9 nitrogen and oxygen atoms in total. The van der Waals surface area contributed by atoms with Gasteiger partial charge < -0.3 is 19.8 Å². The molecule has 30 heavy (non-hydrogen) atoms. The van der Waals surface area contributed by atoms with E-state index in [1.54, 1.807) is 17.1 Å². The van der Waals surface area contributed by atoms with Crippen molar-refractivity contribution >= 4 is 17.7 Å². The Morgan fingerprint density at radius 3 is 2.77 bits per heavy atom. The first kappa shape index (κ1) is 20.1. The number of ether oxygens (including phenoxy) is 1. The van der Waals surface area contributed by atoms with E-state index in [2.05, 4.69) is 39.0 Å². The average molecular weight is 409 g/mol. The highest BCUT2D eigenvalue weighted by Crippen LogP contribution is 2.41. The summed E-state index contributed by atoms with van der Waals surface area (Å²) in [5.41, 5.74) is 1.29. The molecule has 0 radical (unpaired) electrons. The normalized spacial score (nSPS) is 20.7. The molecule has 4 heterocycles. The van der Waals surface area contributed by atoms with Crippen molar-refractivity contribution in [1.29, 1.82) is 0 Å². The second kappa shape index (κ2) is 7.94. The van der Waals surface area contributed by atoms with Crippen molar-refractivity contribution in [3.8, 4) is 11.3 Å². The Kier molecular flexibility index (Phi) is 5.33. The van der Waals surface area contributed by atoms with Crippen LogP contribution in [0.25, 0.3) is 16.1 Å². The van der Waals surface area contributed by atoms with E-state index in [1.165, 1.54) is 0 Å². The van der Waals surface area contributed by atoms with E-state index in [0.29, 0.717) is 18.2 Å². The molecule has 1 unspecified atom stereocenters. The topological polar surface area (TPSA) is 89.5 Å². The third-order valence-corrected chi connectivity index (χ3v) is 6.11. The van der Waals surface area contributed by atoms with Gasteiger partial charge in [0.1, 0.15) is 11.8 Å². The summed E-state index contributed by atoms with van der Waals surface area (Å²) in [6.45, 7) is 14.0. The van der Waals surface area contributed by atoms with Crippen LogP contribution in [0.1, 0.15) is 33.1 Å². The number of hydrogen-bond acceptors (Lipinski definition) is 6. The number of nitrogens with zero attached hydrogens (tertiary/aromatic N) is 6. The summed E-state index contributed by atoms with van der Waals surface area (Å²) < 4.78 is 7.39. The summed E-state index contributed by atoms with van der Waals surface area (Å²) in [6.07, 6.45) is 7.52.